The van der Waals surface area contributed by atoms with Gasteiger partial charge in [0.25, 0.3) is 0 Å². The summed E-state index contributed by atoms with van der Waals surface area (Å²) < 4.78 is 1.79. The predicted molar refractivity (Wildman–Crippen MR) is 104 cm³/mol. The van der Waals surface area contributed by atoms with Crippen molar-refractivity contribution < 1.29 is 0 Å². The van der Waals surface area contributed by atoms with Crippen molar-refractivity contribution in [1.82, 2.24) is 19.6 Å². The second-order valence-electron chi connectivity index (χ2n) is 6.92. The molecular formula is C19H25N7. The molecule has 0 saturated heterocycles. The first kappa shape index (κ1) is 16.8. The molecule has 0 aromatic carbocycles. The molecule has 0 radical (unpaired) electrons. The molecule has 3 heterocycles. The minimum atomic E-state index is 0.339. The monoisotopic (exact) mass is 351 g/mol. The highest BCUT2D eigenvalue weighted by Crippen LogP contribution is 2.25. The zero-order valence-electron chi connectivity index (χ0n) is 15.0. The SMILES string of the molecule is CCc1ccnc(Nc2cc(NC3CCC(N)CC3)nn3ccnc23)c1. The number of aryl methyl sites for hydroxylation is 1. The average molecular weight is 351 g/mol. The Labute approximate surface area is 153 Å². The second-order valence-corrected chi connectivity index (χ2v) is 6.92. The number of anilines is 3. The Bertz CT molecular complexity index is 880. The van der Waals surface area contributed by atoms with Gasteiger partial charge < -0.3 is 16.4 Å². The van der Waals surface area contributed by atoms with Crippen molar-refractivity contribution in [2.75, 3.05) is 10.6 Å². The lowest BCUT2D eigenvalue weighted by molar-refractivity contribution is 0.410. The molecule has 0 bridgehead atoms. The third-order valence-electron chi connectivity index (χ3n) is 4.98. The summed E-state index contributed by atoms with van der Waals surface area (Å²) >= 11 is 0. The first-order valence-electron chi connectivity index (χ1n) is 9.29. The summed E-state index contributed by atoms with van der Waals surface area (Å²) in [5.41, 5.74) is 8.93. The van der Waals surface area contributed by atoms with Gasteiger partial charge in [-0.25, -0.2) is 14.5 Å². The normalized spacial score (nSPS) is 20.2. The van der Waals surface area contributed by atoms with Crippen LogP contribution in [0.2, 0.25) is 0 Å². The van der Waals surface area contributed by atoms with Crippen molar-refractivity contribution in [1.29, 1.82) is 0 Å². The number of hydrogen-bond acceptors (Lipinski definition) is 6. The van der Waals surface area contributed by atoms with Crippen LogP contribution < -0.4 is 16.4 Å². The Hall–Kier alpha value is -2.67. The van der Waals surface area contributed by atoms with Gasteiger partial charge in [0.2, 0.25) is 0 Å². The van der Waals surface area contributed by atoms with Gasteiger partial charge in [-0.1, -0.05) is 6.92 Å². The molecule has 3 aromatic heterocycles. The molecule has 1 fully saturated rings. The van der Waals surface area contributed by atoms with E-state index in [1.54, 1.807) is 10.7 Å². The van der Waals surface area contributed by atoms with E-state index in [0.29, 0.717) is 12.1 Å². The number of hydrogen-bond donors (Lipinski definition) is 3. The maximum atomic E-state index is 6.01. The third kappa shape index (κ3) is 3.62. The highest BCUT2D eigenvalue weighted by molar-refractivity contribution is 5.74. The summed E-state index contributed by atoms with van der Waals surface area (Å²) in [6.45, 7) is 2.14. The maximum absolute atomic E-state index is 6.01. The van der Waals surface area contributed by atoms with E-state index in [9.17, 15) is 0 Å². The van der Waals surface area contributed by atoms with Crippen molar-refractivity contribution >= 4 is 23.0 Å². The van der Waals surface area contributed by atoms with Crippen LogP contribution >= 0.6 is 0 Å². The Balaban J connectivity index is 1.60. The molecule has 1 aliphatic rings. The van der Waals surface area contributed by atoms with Gasteiger partial charge in [0.15, 0.2) is 5.65 Å². The average Bonchev–Trinajstić information content (AvgIpc) is 3.13. The Morgan fingerprint density at radius 1 is 1.12 bits per heavy atom. The van der Waals surface area contributed by atoms with Crippen LogP contribution in [0.15, 0.2) is 36.8 Å². The number of imidazole rings is 1. The van der Waals surface area contributed by atoms with Crippen LogP contribution in [0.4, 0.5) is 17.3 Å². The zero-order chi connectivity index (χ0) is 17.9. The first-order valence-corrected chi connectivity index (χ1v) is 9.29. The summed E-state index contributed by atoms with van der Waals surface area (Å²) in [7, 11) is 0. The lowest BCUT2D eigenvalue weighted by Crippen LogP contribution is -2.33. The molecule has 7 nitrogen and oxygen atoms in total. The molecule has 0 unspecified atom stereocenters. The fourth-order valence-corrected chi connectivity index (χ4v) is 3.45. The van der Waals surface area contributed by atoms with E-state index in [-0.39, 0.29) is 0 Å². The Morgan fingerprint density at radius 2 is 1.96 bits per heavy atom. The molecule has 0 spiro atoms. The molecule has 3 aromatic rings. The number of fused-ring (bicyclic) bond motifs is 1. The van der Waals surface area contributed by atoms with Gasteiger partial charge in [-0.15, -0.1) is 5.10 Å². The van der Waals surface area contributed by atoms with Crippen LogP contribution in [-0.4, -0.2) is 31.7 Å². The van der Waals surface area contributed by atoms with Crippen LogP contribution in [0.1, 0.15) is 38.2 Å². The number of aromatic nitrogens is 4. The number of rotatable bonds is 5. The fourth-order valence-electron chi connectivity index (χ4n) is 3.45. The predicted octanol–water partition coefficient (Wildman–Crippen LogP) is 3.11. The molecule has 1 saturated carbocycles. The van der Waals surface area contributed by atoms with Crippen LogP contribution in [0, 0.1) is 0 Å². The fraction of sp³-hybridized carbons (Fsp3) is 0.421. The van der Waals surface area contributed by atoms with Crippen molar-refractivity contribution in [3.63, 3.8) is 0 Å². The molecular weight excluding hydrogens is 326 g/mol. The zero-order valence-corrected chi connectivity index (χ0v) is 15.0. The van der Waals surface area contributed by atoms with Crippen molar-refractivity contribution in [3.05, 3.63) is 42.4 Å². The molecule has 4 rings (SSSR count). The topological polar surface area (TPSA) is 93.2 Å². The molecule has 26 heavy (non-hydrogen) atoms. The molecule has 7 heteroatoms. The molecule has 4 N–H and O–H groups in total. The lowest BCUT2D eigenvalue weighted by atomic mass is 9.92. The van der Waals surface area contributed by atoms with E-state index in [1.165, 1.54) is 5.56 Å². The van der Waals surface area contributed by atoms with Crippen LogP contribution in [0.3, 0.4) is 0 Å². The van der Waals surface area contributed by atoms with Gasteiger partial charge in [0.05, 0.1) is 5.69 Å². The quantitative estimate of drug-likeness (QED) is 0.654. The number of pyridine rings is 1. The number of nitrogens with zero attached hydrogens (tertiary/aromatic N) is 4. The van der Waals surface area contributed by atoms with Crippen LogP contribution in [-0.2, 0) is 6.42 Å². The Morgan fingerprint density at radius 3 is 2.77 bits per heavy atom. The van der Waals surface area contributed by atoms with Crippen LogP contribution in [0.5, 0.6) is 0 Å². The highest BCUT2D eigenvalue weighted by atomic mass is 15.3. The second kappa shape index (κ2) is 7.29. The summed E-state index contributed by atoms with van der Waals surface area (Å²) in [6.07, 6.45) is 10.7. The van der Waals surface area contributed by atoms with Gasteiger partial charge in [0, 0.05) is 36.7 Å². The molecule has 0 aliphatic heterocycles. The van der Waals surface area contributed by atoms with Crippen molar-refractivity contribution in [2.45, 2.75) is 51.1 Å². The first-order chi connectivity index (χ1) is 12.7. The van der Waals surface area contributed by atoms with Gasteiger partial charge in [0.1, 0.15) is 11.6 Å². The summed E-state index contributed by atoms with van der Waals surface area (Å²) in [5, 5.41) is 11.6. The van der Waals surface area contributed by atoms with E-state index in [0.717, 1.165) is 55.1 Å². The van der Waals surface area contributed by atoms with E-state index in [2.05, 4.69) is 38.7 Å². The Kier molecular flexibility index (Phi) is 4.71. The smallest absolute Gasteiger partial charge is 0.177 e. The van der Waals surface area contributed by atoms with Crippen molar-refractivity contribution in [2.24, 2.45) is 5.73 Å². The minimum absolute atomic E-state index is 0.339. The standard InChI is InChI=1S/C19H25N7/c1-2-13-7-8-21-17(11-13)24-16-12-18(25-26-10-9-22-19(16)26)23-15-5-3-14(20)4-6-15/h7-12,14-15H,2-6,20H2,1H3,(H,21,24)(H,23,25). The molecule has 1 aliphatic carbocycles. The summed E-state index contributed by atoms with van der Waals surface area (Å²) in [4.78, 5) is 8.85. The van der Waals surface area contributed by atoms with E-state index in [4.69, 9.17) is 5.73 Å². The number of nitrogens with two attached hydrogens (primary N) is 1. The summed E-state index contributed by atoms with van der Waals surface area (Å²) in [6, 6.07) is 6.86. The lowest BCUT2D eigenvalue weighted by Gasteiger charge is -2.27. The van der Waals surface area contributed by atoms with E-state index in [1.807, 2.05) is 24.5 Å². The van der Waals surface area contributed by atoms with E-state index < -0.39 is 0 Å². The third-order valence-corrected chi connectivity index (χ3v) is 4.98. The molecule has 0 atom stereocenters. The highest BCUT2D eigenvalue weighted by Gasteiger charge is 2.19. The molecule has 0 amide bonds. The van der Waals surface area contributed by atoms with Gasteiger partial charge >= 0.3 is 0 Å². The minimum Gasteiger partial charge on any atom is -0.366 e. The summed E-state index contributed by atoms with van der Waals surface area (Å²) in [5.74, 6) is 1.65. The van der Waals surface area contributed by atoms with E-state index >= 15 is 0 Å². The van der Waals surface area contributed by atoms with Crippen molar-refractivity contribution in [3.8, 4) is 0 Å². The number of nitrogens with one attached hydrogen (secondary N) is 2. The van der Waals surface area contributed by atoms with Crippen LogP contribution in [0.25, 0.3) is 5.65 Å². The van der Waals surface area contributed by atoms with Gasteiger partial charge in [-0.2, -0.15) is 0 Å². The molecule has 136 valence electrons. The van der Waals surface area contributed by atoms with Gasteiger partial charge in [-0.3, -0.25) is 0 Å². The van der Waals surface area contributed by atoms with Gasteiger partial charge in [-0.05, 0) is 49.8 Å². The maximum Gasteiger partial charge on any atom is 0.177 e. The largest absolute Gasteiger partial charge is 0.366 e.